The van der Waals surface area contributed by atoms with Crippen molar-refractivity contribution in [2.75, 3.05) is 32.2 Å². The molecule has 1 aliphatic heterocycles. The van der Waals surface area contributed by atoms with E-state index in [0.717, 1.165) is 5.56 Å². The number of ether oxygens (including phenoxy) is 3. The number of methoxy groups -OCH3 is 3. The first-order valence-electron chi connectivity index (χ1n) is 8.40. The number of hydrogen-bond donors (Lipinski definition) is 0. The van der Waals surface area contributed by atoms with E-state index < -0.39 is 16.0 Å². The highest BCUT2D eigenvalue weighted by atomic mass is 32.2. The van der Waals surface area contributed by atoms with Gasteiger partial charge in [-0.2, -0.15) is 0 Å². The van der Waals surface area contributed by atoms with Crippen LogP contribution >= 0.6 is 0 Å². The van der Waals surface area contributed by atoms with Crippen molar-refractivity contribution in [2.24, 2.45) is 0 Å². The molecular weight excluding hydrogens is 384 g/mol. The van der Waals surface area contributed by atoms with Crippen molar-refractivity contribution >= 4 is 27.9 Å². The zero-order chi connectivity index (χ0) is 20.3. The second kappa shape index (κ2) is 7.89. The molecule has 28 heavy (non-hydrogen) atoms. The van der Waals surface area contributed by atoms with Crippen LogP contribution in [0.25, 0.3) is 6.08 Å². The summed E-state index contributed by atoms with van der Waals surface area (Å²) in [5.74, 6) is 0.686. The normalized spacial score (nSPS) is 13.5. The SMILES string of the molecule is COC(=O)/C=C/c1cnc2c(c1)CCN2S(=O)(=O)c1ccc(OC)c(OC)c1. The van der Waals surface area contributed by atoms with E-state index in [1.165, 1.54) is 50.0 Å². The van der Waals surface area contributed by atoms with Gasteiger partial charge in [-0.1, -0.05) is 0 Å². The van der Waals surface area contributed by atoms with Gasteiger partial charge in [-0.05, 0) is 41.8 Å². The zero-order valence-electron chi connectivity index (χ0n) is 15.7. The molecule has 1 aliphatic rings. The summed E-state index contributed by atoms with van der Waals surface area (Å²) in [6, 6.07) is 6.27. The number of benzene rings is 1. The number of esters is 1. The quantitative estimate of drug-likeness (QED) is 0.537. The summed E-state index contributed by atoms with van der Waals surface area (Å²) in [5, 5.41) is 0. The van der Waals surface area contributed by atoms with Crippen molar-refractivity contribution in [1.82, 2.24) is 4.98 Å². The minimum absolute atomic E-state index is 0.0921. The number of rotatable bonds is 6. The van der Waals surface area contributed by atoms with Gasteiger partial charge >= 0.3 is 5.97 Å². The Bertz CT molecular complexity index is 1030. The summed E-state index contributed by atoms with van der Waals surface area (Å²) in [5.41, 5.74) is 1.48. The molecule has 0 fully saturated rings. The number of fused-ring (bicyclic) bond motifs is 1. The number of carbonyl (C=O) groups excluding carboxylic acids is 1. The van der Waals surface area contributed by atoms with Crippen LogP contribution in [0.5, 0.6) is 11.5 Å². The van der Waals surface area contributed by atoms with Crippen molar-refractivity contribution in [3.05, 3.63) is 47.7 Å². The van der Waals surface area contributed by atoms with E-state index in [-0.39, 0.29) is 11.4 Å². The molecule has 0 unspecified atom stereocenters. The highest BCUT2D eigenvalue weighted by molar-refractivity contribution is 7.92. The maximum atomic E-state index is 13.1. The number of aromatic nitrogens is 1. The van der Waals surface area contributed by atoms with Crippen molar-refractivity contribution < 1.29 is 27.4 Å². The largest absolute Gasteiger partial charge is 0.493 e. The molecule has 9 heteroatoms. The molecule has 0 bridgehead atoms. The van der Waals surface area contributed by atoms with Crippen LogP contribution in [-0.4, -0.2) is 47.2 Å². The first kappa shape index (κ1) is 19.7. The van der Waals surface area contributed by atoms with Gasteiger partial charge < -0.3 is 14.2 Å². The van der Waals surface area contributed by atoms with Gasteiger partial charge in [0.05, 0.1) is 26.2 Å². The monoisotopic (exact) mass is 404 g/mol. The van der Waals surface area contributed by atoms with Gasteiger partial charge in [0.1, 0.15) is 5.82 Å². The molecule has 0 N–H and O–H groups in total. The Labute approximate surface area is 163 Å². The first-order chi connectivity index (χ1) is 13.4. The van der Waals surface area contributed by atoms with E-state index in [4.69, 9.17) is 9.47 Å². The van der Waals surface area contributed by atoms with E-state index in [0.29, 0.717) is 29.3 Å². The average molecular weight is 404 g/mol. The van der Waals surface area contributed by atoms with Crippen LogP contribution in [0.1, 0.15) is 11.1 Å². The number of pyridine rings is 1. The Morgan fingerprint density at radius 1 is 1.14 bits per heavy atom. The van der Waals surface area contributed by atoms with Crippen molar-refractivity contribution in [2.45, 2.75) is 11.3 Å². The molecule has 1 aromatic carbocycles. The van der Waals surface area contributed by atoms with Crippen LogP contribution in [0.3, 0.4) is 0 Å². The first-order valence-corrected chi connectivity index (χ1v) is 9.84. The van der Waals surface area contributed by atoms with E-state index in [9.17, 15) is 13.2 Å². The summed E-state index contributed by atoms with van der Waals surface area (Å²) >= 11 is 0. The predicted molar refractivity (Wildman–Crippen MR) is 103 cm³/mol. The fourth-order valence-electron chi connectivity index (χ4n) is 2.92. The smallest absolute Gasteiger partial charge is 0.330 e. The Morgan fingerprint density at radius 3 is 2.57 bits per heavy atom. The van der Waals surface area contributed by atoms with Crippen LogP contribution in [-0.2, 0) is 26.0 Å². The summed E-state index contributed by atoms with van der Waals surface area (Å²) in [6.07, 6.45) is 4.90. The molecule has 0 amide bonds. The Morgan fingerprint density at radius 2 is 1.89 bits per heavy atom. The molecule has 1 aromatic heterocycles. The third-order valence-electron chi connectivity index (χ3n) is 4.34. The second-order valence-electron chi connectivity index (χ2n) is 5.95. The molecule has 0 aliphatic carbocycles. The minimum atomic E-state index is -3.81. The van der Waals surface area contributed by atoms with Gasteiger partial charge in [0.2, 0.25) is 0 Å². The Hall–Kier alpha value is -3.07. The fourth-order valence-corrected chi connectivity index (χ4v) is 4.39. The van der Waals surface area contributed by atoms with Crippen molar-refractivity contribution in [3.63, 3.8) is 0 Å². The third-order valence-corrected chi connectivity index (χ3v) is 6.13. The van der Waals surface area contributed by atoms with Gasteiger partial charge in [-0.15, -0.1) is 0 Å². The van der Waals surface area contributed by atoms with Crippen LogP contribution in [0.4, 0.5) is 5.82 Å². The predicted octanol–water partition coefficient (Wildman–Crippen LogP) is 2.04. The molecule has 2 aromatic rings. The lowest BCUT2D eigenvalue weighted by Crippen LogP contribution is -2.29. The number of anilines is 1. The highest BCUT2D eigenvalue weighted by Crippen LogP contribution is 2.35. The molecule has 148 valence electrons. The fraction of sp³-hybridized carbons (Fsp3) is 0.263. The topological polar surface area (TPSA) is 95.0 Å². The second-order valence-corrected chi connectivity index (χ2v) is 7.81. The molecule has 0 atom stereocenters. The lowest BCUT2D eigenvalue weighted by Gasteiger charge is -2.19. The summed E-state index contributed by atoms with van der Waals surface area (Å²) in [4.78, 5) is 15.6. The van der Waals surface area contributed by atoms with Crippen LogP contribution in [0.15, 0.2) is 41.4 Å². The number of hydrogen-bond acceptors (Lipinski definition) is 7. The molecule has 0 radical (unpaired) electrons. The van der Waals surface area contributed by atoms with E-state index in [2.05, 4.69) is 9.72 Å². The molecule has 0 saturated heterocycles. The number of carbonyl (C=O) groups is 1. The molecular formula is C19H20N2O6S. The summed E-state index contributed by atoms with van der Waals surface area (Å²) in [7, 11) is 0.421. The van der Waals surface area contributed by atoms with Crippen molar-refractivity contribution in [3.8, 4) is 11.5 Å². The van der Waals surface area contributed by atoms with Gasteiger partial charge in [0, 0.05) is 24.9 Å². The molecule has 3 rings (SSSR count). The summed E-state index contributed by atoms with van der Waals surface area (Å²) in [6.45, 7) is 0.281. The summed E-state index contributed by atoms with van der Waals surface area (Å²) < 4.78 is 42.4. The lowest BCUT2D eigenvalue weighted by molar-refractivity contribution is -0.134. The lowest BCUT2D eigenvalue weighted by atomic mass is 10.1. The van der Waals surface area contributed by atoms with E-state index in [1.54, 1.807) is 12.1 Å². The molecule has 2 heterocycles. The van der Waals surface area contributed by atoms with Crippen molar-refractivity contribution in [1.29, 1.82) is 0 Å². The van der Waals surface area contributed by atoms with Gasteiger partial charge in [-0.25, -0.2) is 22.5 Å². The number of sulfonamides is 1. The average Bonchev–Trinajstić information content (AvgIpc) is 3.15. The van der Waals surface area contributed by atoms with Gasteiger partial charge in [-0.3, -0.25) is 0 Å². The Kier molecular flexibility index (Phi) is 5.55. The third kappa shape index (κ3) is 3.65. The van der Waals surface area contributed by atoms with Gasteiger partial charge in [0.15, 0.2) is 11.5 Å². The zero-order valence-corrected chi connectivity index (χ0v) is 16.5. The molecule has 0 spiro atoms. The van der Waals surface area contributed by atoms with Crippen LogP contribution in [0.2, 0.25) is 0 Å². The Balaban J connectivity index is 1.93. The van der Waals surface area contributed by atoms with Crippen LogP contribution < -0.4 is 13.8 Å². The standard InChI is InChI=1S/C19H20N2O6S/c1-25-16-6-5-15(11-17(16)26-2)28(23,24)21-9-8-14-10-13(12-20-19(14)21)4-7-18(22)27-3/h4-7,10-12H,8-9H2,1-3H3/b7-4+. The maximum absolute atomic E-state index is 13.1. The number of nitrogens with zero attached hydrogens (tertiary/aromatic N) is 2. The van der Waals surface area contributed by atoms with Crippen LogP contribution in [0, 0.1) is 0 Å². The minimum Gasteiger partial charge on any atom is -0.493 e. The van der Waals surface area contributed by atoms with E-state index in [1.807, 2.05) is 6.07 Å². The molecule has 8 nitrogen and oxygen atoms in total. The van der Waals surface area contributed by atoms with Gasteiger partial charge in [0.25, 0.3) is 10.0 Å². The maximum Gasteiger partial charge on any atom is 0.330 e. The molecule has 0 saturated carbocycles. The highest BCUT2D eigenvalue weighted by Gasteiger charge is 2.32. The van der Waals surface area contributed by atoms with E-state index >= 15 is 0 Å².